The molecule has 0 aliphatic heterocycles. The van der Waals surface area contributed by atoms with Crippen molar-refractivity contribution >= 4 is 39.4 Å². The van der Waals surface area contributed by atoms with Crippen LogP contribution in [0.5, 0.6) is 0 Å². The Morgan fingerprint density at radius 2 is 1.37 bits per heavy atom. The minimum absolute atomic E-state index is 0.906. The second-order valence-corrected chi connectivity index (χ2v) is 12.8. The summed E-state index contributed by atoms with van der Waals surface area (Å²) >= 11 is 1.91. The summed E-state index contributed by atoms with van der Waals surface area (Å²) < 4.78 is 6.55. The van der Waals surface area contributed by atoms with Crippen molar-refractivity contribution in [3.63, 3.8) is 0 Å². The van der Waals surface area contributed by atoms with Gasteiger partial charge in [0.25, 0.3) is 0 Å². The highest BCUT2D eigenvalue weighted by Gasteiger charge is 2.25. The summed E-state index contributed by atoms with van der Waals surface area (Å²) in [7, 11) is 0. The van der Waals surface area contributed by atoms with E-state index in [1.54, 1.807) is 0 Å². The maximum Gasteiger partial charge on any atom is 0.143 e. The van der Waals surface area contributed by atoms with E-state index in [9.17, 15) is 0 Å². The van der Waals surface area contributed by atoms with Gasteiger partial charge in [0.1, 0.15) is 11.2 Å². The normalized spacial score (nSPS) is 12.3. The van der Waals surface area contributed by atoms with Crippen LogP contribution in [0.3, 0.4) is 0 Å². The largest absolute Gasteiger partial charge is 0.455 e. The van der Waals surface area contributed by atoms with Crippen LogP contribution >= 0.6 is 11.3 Å². The van der Waals surface area contributed by atoms with Gasteiger partial charge in [0.15, 0.2) is 0 Å². The van der Waals surface area contributed by atoms with Gasteiger partial charge in [-0.25, -0.2) is 0 Å². The zero-order chi connectivity index (χ0) is 30.5. The molecule has 0 unspecified atom stereocenters. The summed E-state index contributed by atoms with van der Waals surface area (Å²) in [5, 5.41) is 2.27. The summed E-state index contributed by atoms with van der Waals surface area (Å²) in [6.45, 7) is 0. The first kappa shape index (κ1) is 26.8. The SMILES string of the molecule is c1cccc(-c2c(-c3sc(-c4cccc(-c5ccccc5)c4)c4c3CCC=C4)cccc2-c2cccc3c2oc2ccccc23)c#1. The fourth-order valence-corrected chi connectivity index (χ4v) is 8.31. The lowest BCUT2D eigenvalue weighted by atomic mass is 9.87. The van der Waals surface area contributed by atoms with Gasteiger partial charge in [0, 0.05) is 42.8 Å². The zero-order valence-corrected chi connectivity index (χ0v) is 25.9. The molecular formula is C44H28OS. The van der Waals surface area contributed by atoms with Gasteiger partial charge in [0.05, 0.1) is 0 Å². The summed E-state index contributed by atoms with van der Waals surface area (Å²) in [6, 6.07) is 54.0. The molecule has 1 aliphatic rings. The second-order valence-electron chi connectivity index (χ2n) is 11.8. The van der Waals surface area contributed by atoms with E-state index in [4.69, 9.17) is 4.42 Å². The number of benzene rings is 5. The van der Waals surface area contributed by atoms with Crippen LogP contribution in [0.15, 0.2) is 144 Å². The number of allylic oxidation sites excluding steroid dienone is 1. The number of furan rings is 1. The molecule has 2 aromatic heterocycles. The van der Waals surface area contributed by atoms with Crippen LogP contribution in [-0.2, 0) is 6.42 Å². The van der Waals surface area contributed by atoms with Gasteiger partial charge in [-0.3, -0.25) is 0 Å². The van der Waals surface area contributed by atoms with E-state index in [0.717, 1.165) is 57.0 Å². The molecule has 0 saturated carbocycles. The number of rotatable bonds is 5. The number of para-hydroxylation sites is 2. The summed E-state index contributed by atoms with van der Waals surface area (Å²) in [4.78, 5) is 2.64. The molecule has 2 heteroatoms. The lowest BCUT2D eigenvalue weighted by molar-refractivity contribution is 0.670. The predicted molar refractivity (Wildman–Crippen MR) is 194 cm³/mol. The molecule has 0 spiro atoms. The monoisotopic (exact) mass is 604 g/mol. The molecule has 1 aliphatic carbocycles. The Labute approximate surface area is 272 Å². The molecular weight excluding hydrogens is 577 g/mol. The molecule has 6 aromatic carbocycles. The predicted octanol–water partition coefficient (Wildman–Crippen LogP) is 12.5. The molecule has 8 aromatic rings. The smallest absolute Gasteiger partial charge is 0.143 e. The van der Waals surface area contributed by atoms with Crippen molar-refractivity contribution in [3.8, 4) is 54.3 Å². The lowest BCUT2D eigenvalue weighted by Crippen LogP contribution is -1.95. The Morgan fingerprint density at radius 3 is 2.28 bits per heavy atom. The van der Waals surface area contributed by atoms with Crippen LogP contribution in [0.2, 0.25) is 0 Å². The molecule has 2 heterocycles. The quantitative estimate of drug-likeness (QED) is 0.190. The maximum absolute atomic E-state index is 6.55. The third kappa shape index (κ3) is 4.40. The molecule has 46 heavy (non-hydrogen) atoms. The first-order valence-electron chi connectivity index (χ1n) is 15.7. The molecule has 0 bridgehead atoms. The molecule has 216 valence electrons. The molecule has 0 amide bonds. The molecule has 0 N–H and O–H groups in total. The van der Waals surface area contributed by atoms with Gasteiger partial charge in [-0.05, 0) is 70.5 Å². The van der Waals surface area contributed by atoms with Crippen LogP contribution in [-0.4, -0.2) is 0 Å². The van der Waals surface area contributed by atoms with Gasteiger partial charge in [-0.15, -0.1) is 11.3 Å². The Hall–Kier alpha value is -5.62. The average molecular weight is 605 g/mol. The van der Waals surface area contributed by atoms with Crippen molar-refractivity contribution in [2.45, 2.75) is 12.8 Å². The van der Waals surface area contributed by atoms with Crippen molar-refractivity contribution in [2.75, 3.05) is 0 Å². The topological polar surface area (TPSA) is 13.1 Å². The third-order valence-corrected chi connectivity index (χ3v) is 10.4. The minimum atomic E-state index is 0.906. The molecule has 1 nitrogen and oxygen atoms in total. The third-order valence-electron chi connectivity index (χ3n) is 9.05. The van der Waals surface area contributed by atoms with E-state index in [1.165, 1.54) is 43.1 Å². The second kappa shape index (κ2) is 11.1. The highest BCUT2D eigenvalue weighted by atomic mass is 32.1. The van der Waals surface area contributed by atoms with E-state index >= 15 is 0 Å². The number of thiophene rings is 1. The van der Waals surface area contributed by atoms with E-state index in [-0.39, 0.29) is 0 Å². The zero-order valence-electron chi connectivity index (χ0n) is 25.1. The number of hydrogen-bond acceptors (Lipinski definition) is 2. The Bertz CT molecular complexity index is 2410. The van der Waals surface area contributed by atoms with Crippen LogP contribution in [0, 0.1) is 12.1 Å². The first-order chi connectivity index (χ1) is 22.8. The van der Waals surface area contributed by atoms with Crippen LogP contribution in [0.1, 0.15) is 17.5 Å². The standard InChI is InChI=1S/C44H28OS/c1-3-14-29(15-4-1)31-18-11-19-32(28-31)43-37-21-7-8-22-38(37)44(46-43)39-26-12-23-34(41(39)30-16-5-2-6-17-30)36-25-13-24-35-33-20-9-10-27-40(33)45-42(35)36/h1-5,7,9-16,18-21,23-28H,8,22H2. The number of hydrogen-bond donors (Lipinski definition) is 0. The lowest BCUT2D eigenvalue weighted by Gasteiger charge is -2.16. The van der Waals surface area contributed by atoms with E-state index < -0.39 is 0 Å². The van der Waals surface area contributed by atoms with E-state index in [0.29, 0.717) is 0 Å². The van der Waals surface area contributed by atoms with Gasteiger partial charge in [-0.2, -0.15) is 0 Å². The minimum Gasteiger partial charge on any atom is -0.455 e. The van der Waals surface area contributed by atoms with E-state index in [2.05, 4.69) is 146 Å². The Morgan fingerprint density at radius 1 is 0.609 bits per heavy atom. The van der Waals surface area contributed by atoms with Crippen LogP contribution in [0.25, 0.3) is 82.3 Å². The Balaban J connectivity index is 1.29. The van der Waals surface area contributed by atoms with Crippen molar-refractivity contribution < 1.29 is 4.42 Å². The van der Waals surface area contributed by atoms with Crippen LogP contribution in [0.4, 0.5) is 0 Å². The van der Waals surface area contributed by atoms with Gasteiger partial charge >= 0.3 is 0 Å². The van der Waals surface area contributed by atoms with Crippen molar-refractivity contribution in [1.29, 1.82) is 0 Å². The summed E-state index contributed by atoms with van der Waals surface area (Å²) in [5.74, 6) is 0. The van der Waals surface area contributed by atoms with Gasteiger partial charge in [0.2, 0.25) is 0 Å². The maximum atomic E-state index is 6.55. The Kier molecular flexibility index (Phi) is 6.44. The van der Waals surface area contributed by atoms with E-state index in [1.807, 2.05) is 23.5 Å². The molecule has 0 atom stereocenters. The highest BCUT2D eigenvalue weighted by Crippen LogP contribution is 2.50. The molecule has 0 fully saturated rings. The molecule has 0 radical (unpaired) electrons. The van der Waals surface area contributed by atoms with Crippen molar-refractivity contribution in [1.82, 2.24) is 0 Å². The van der Waals surface area contributed by atoms with Gasteiger partial charge < -0.3 is 4.42 Å². The average Bonchev–Trinajstić information content (AvgIpc) is 3.71. The first-order valence-corrected chi connectivity index (χ1v) is 16.6. The molecule has 0 saturated heterocycles. The van der Waals surface area contributed by atoms with Crippen LogP contribution < -0.4 is 0 Å². The van der Waals surface area contributed by atoms with Crippen molar-refractivity contribution in [3.05, 3.63) is 163 Å². The fraction of sp³-hybridized carbons (Fsp3) is 0.0455. The fourth-order valence-electron chi connectivity index (χ4n) is 6.95. The van der Waals surface area contributed by atoms with Crippen molar-refractivity contribution in [2.24, 2.45) is 0 Å². The summed E-state index contributed by atoms with van der Waals surface area (Å²) in [6.07, 6.45) is 6.72. The molecule has 9 rings (SSSR count). The highest BCUT2D eigenvalue weighted by molar-refractivity contribution is 7.19. The summed E-state index contributed by atoms with van der Waals surface area (Å²) in [5.41, 5.74) is 14.0. The van der Waals surface area contributed by atoms with Gasteiger partial charge in [-0.1, -0.05) is 133 Å². The number of fused-ring (bicyclic) bond motifs is 4.